The molecule has 30 heavy (non-hydrogen) atoms. The van der Waals surface area contributed by atoms with E-state index in [1.807, 2.05) is 73.7 Å². The lowest BCUT2D eigenvalue weighted by atomic mass is 9.90. The molecule has 5 nitrogen and oxygen atoms in total. The third-order valence-corrected chi connectivity index (χ3v) is 5.81. The smallest absolute Gasteiger partial charge is 0.266 e. The minimum absolute atomic E-state index is 0.265. The Bertz CT molecular complexity index is 1130. The van der Waals surface area contributed by atoms with Crippen molar-refractivity contribution in [1.29, 1.82) is 0 Å². The first-order chi connectivity index (χ1) is 14.5. The molecule has 0 spiro atoms. The van der Waals surface area contributed by atoms with Gasteiger partial charge in [0.2, 0.25) is 5.91 Å². The Morgan fingerprint density at radius 3 is 2.30 bits per heavy atom. The Labute approximate surface area is 179 Å². The van der Waals surface area contributed by atoms with Crippen LogP contribution in [0.25, 0.3) is 0 Å². The van der Waals surface area contributed by atoms with Crippen molar-refractivity contribution in [2.75, 3.05) is 9.96 Å². The number of para-hydroxylation sites is 1. The van der Waals surface area contributed by atoms with Gasteiger partial charge in [0.1, 0.15) is 5.92 Å². The van der Waals surface area contributed by atoms with Gasteiger partial charge < -0.3 is 0 Å². The largest absolute Gasteiger partial charge is 0.273 e. The van der Waals surface area contributed by atoms with E-state index in [0.29, 0.717) is 10.7 Å². The third kappa shape index (κ3) is 2.98. The molecule has 3 atom stereocenters. The predicted molar refractivity (Wildman–Crippen MR) is 115 cm³/mol. The number of anilines is 2. The molecule has 3 aromatic rings. The maximum Gasteiger partial charge on any atom is 0.266 e. The molecule has 2 aliphatic rings. The van der Waals surface area contributed by atoms with Crippen molar-refractivity contribution in [1.82, 2.24) is 0 Å². The van der Waals surface area contributed by atoms with E-state index in [4.69, 9.17) is 16.4 Å². The fraction of sp³-hybridized carbons (Fsp3) is 0.167. The molecule has 0 unspecified atom stereocenters. The van der Waals surface area contributed by atoms with E-state index in [-0.39, 0.29) is 11.8 Å². The van der Waals surface area contributed by atoms with Crippen molar-refractivity contribution in [3.63, 3.8) is 0 Å². The number of imide groups is 1. The highest BCUT2D eigenvalue weighted by Crippen LogP contribution is 2.47. The zero-order valence-corrected chi connectivity index (χ0v) is 17.0. The van der Waals surface area contributed by atoms with Gasteiger partial charge in [0, 0.05) is 5.02 Å². The normalized spacial score (nSPS) is 23.2. The minimum Gasteiger partial charge on any atom is -0.273 e. The minimum atomic E-state index is -0.887. The number of hydrogen-bond donors (Lipinski definition) is 0. The zero-order valence-electron chi connectivity index (χ0n) is 16.2. The number of nitrogens with zero attached hydrogens (tertiary/aromatic N) is 2. The topological polar surface area (TPSA) is 49.9 Å². The summed E-state index contributed by atoms with van der Waals surface area (Å²) in [4.78, 5) is 34.2. The maximum atomic E-state index is 13.5. The number of hydrogen-bond acceptors (Lipinski definition) is 4. The molecular formula is C24H19ClN2O3. The summed E-state index contributed by atoms with van der Waals surface area (Å²) in [5, 5.41) is 2.24. The quantitative estimate of drug-likeness (QED) is 0.578. The maximum absolute atomic E-state index is 13.5. The van der Waals surface area contributed by atoms with Crippen molar-refractivity contribution in [3.8, 4) is 0 Å². The van der Waals surface area contributed by atoms with Crippen molar-refractivity contribution in [2.45, 2.75) is 19.1 Å². The van der Waals surface area contributed by atoms with Crippen LogP contribution in [-0.2, 0) is 14.4 Å². The van der Waals surface area contributed by atoms with Crippen LogP contribution in [0.1, 0.15) is 17.2 Å². The van der Waals surface area contributed by atoms with Gasteiger partial charge in [-0.1, -0.05) is 54.1 Å². The number of rotatable bonds is 3. The standard InChI is InChI=1S/C24H19ClN2O3/c1-15-7-5-12-19(13-15)26-23(28)20-21(16-8-6-9-17(25)14-16)27(30-22(20)24(26)29)18-10-3-2-4-11-18/h2-14,20-22H,1H3/t20-,21-,22+/m1/s1. The highest BCUT2D eigenvalue weighted by atomic mass is 35.5. The average Bonchev–Trinajstić information content (AvgIpc) is 3.25. The number of amides is 2. The van der Waals surface area contributed by atoms with Crippen LogP contribution >= 0.6 is 11.6 Å². The summed E-state index contributed by atoms with van der Waals surface area (Å²) in [7, 11) is 0. The lowest BCUT2D eigenvalue weighted by molar-refractivity contribution is -0.126. The van der Waals surface area contributed by atoms with Crippen LogP contribution in [0, 0.1) is 12.8 Å². The Balaban J connectivity index is 1.60. The van der Waals surface area contributed by atoms with E-state index in [1.54, 1.807) is 17.2 Å². The Hall–Kier alpha value is -3.15. The van der Waals surface area contributed by atoms with Gasteiger partial charge in [-0.3, -0.25) is 14.4 Å². The third-order valence-electron chi connectivity index (χ3n) is 5.58. The summed E-state index contributed by atoms with van der Waals surface area (Å²) in [5.74, 6) is -1.28. The van der Waals surface area contributed by atoms with Gasteiger partial charge in [-0.2, -0.15) is 0 Å². The highest BCUT2D eigenvalue weighted by Gasteiger charge is 2.60. The SMILES string of the molecule is Cc1cccc(N2C(=O)[C@H]3[C@H](ON(c4ccccc4)[C@@H]3c3cccc(Cl)c3)C2=O)c1. The van der Waals surface area contributed by atoms with Crippen LogP contribution in [-0.4, -0.2) is 17.9 Å². The van der Waals surface area contributed by atoms with Gasteiger partial charge in [0.05, 0.1) is 17.4 Å². The Morgan fingerprint density at radius 2 is 1.57 bits per heavy atom. The number of fused-ring (bicyclic) bond motifs is 1. The molecule has 0 aromatic heterocycles. The van der Waals surface area contributed by atoms with Crippen molar-refractivity contribution < 1.29 is 14.4 Å². The molecule has 6 heteroatoms. The number of aryl methyl sites for hydroxylation is 1. The van der Waals surface area contributed by atoms with E-state index < -0.39 is 18.1 Å². The number of hydroxylamine groups is 1. The van der Waals surface area contributed by atoms with E-state index in [1.165, 1.54) is 4.90 Å². The van der Waals surface area contributed by atoms with Gasteiger partial charge in [-0.15, -0.1) is 0 Å². The van der Waals surface area contributed by atoms with Crippen molar-refractivity contribution in [2.24, 2.45) is 5.92 Å². The molecule has 3 aromatic carbocycles. The molecule has 2 aliphatic heterocycles. The fourth-order valence-electron chi connectivity index (χ4n) is 4.26. The molecule has 2 fully saturated rings. The average molecular weight is 419 g/mol. The van der Waals surface area contributed by atoms with Gasteiger partial charge in [0.15, 0.2) is 6.10 Å². The Morgan fingerprint density at radius 1 is 0.833 bits per heavy atom. The lowest BCUT2D eigenvalue weighted by Gasteiger charge is -2.28. The molecule has 2 heterocycles. The monoisotopic (exact) mass is 418 g/mol. The van der Waals surface area contributed by atoms with Crippen LogP contribution in [0.3, 0.4) is 0 Å². The molecule has 150 valence electrons. The zero-order chi connectivity index (χ0) is 20.8. The van der Waals surface area contributed by atoms with Crippen LogP contribution < -0.4 is 9.96 Å². The molecule has 0 bridgehead atoms. The molecule has 0 saturated carbocycles. The van der Waals surface area contributed by atoms with Gasteiger partial charge in [-0.25, -0.2) is 9.96 Å². The summed E-state index contributed by atoms with van der Waals surface area (Å²) >= 11 is 6.25. The second kappa shape index (κ2) is 7.27. The van der Waals surface area contributed by atoms with Crippen LogP contribution in [0.15, 0.2) is 78.9 Å². The van der Waals surface area contributed by atoms with E-state index >= 15 is 0 Å². The molecule has 0 aliphatic carbocycles. The second-order valence-electron chi connectivity index (χ2n) is 7.56. The second-order valence-corrected chi connectivity index (χ2v) is 8.00. The van der Waals surface area contributed by atoms with E-state index in [0.717, 1.165) is 16.8 Å². The molecule has 0 radical (unpaired) electrons. The van der Waals surface area contributed by atoms with E-state index in [9.17, 15) is 9.59 Å². The van der Waals surface area contributed by atoms with Crippen LogP contribution in [0.4, 0.5) is 11.4 Å². The summed E-state index contributed by atoms with van der Waals surface area (Å²) in [6.07, 6.45) is -0.887. The first-order valence-corrected chi connectivity index (χ1v) is 10.1. The Kier molecular flexibility index (Phi) is 4.57. The van der Waals surface area contributed by atoms with Gasteiger partial charge in [0.25, 0.3) is 5.91 Å². The fourth-order valence-corrected chi connectivity index (χ4v) is 4.46. The summed E-state index contributed by atoms with van der Waals surface area (Å²) < 4.78 is 0. The predicted octanol–water partition coefficient (Wildman–Crippen LogP) is 4.70. The van der Waals surface area contributed by atoms with E-state index in [2.05, 4.69) is 0 Å². The number of halogens is 1. The first-order valence-electron chi connectivity index (χ1n) is 9.75. The molecule has 2 saturated heterocycles. The van der Waals surface area contributed by atoms with Gasteiger partial charge >= 0.3 is 0 Å². The first kappa shape index (κ1) is 18.9. The van der Waals surface area contributed by atoms with Crippen LogP contribution in [0.2, 0.25) is 5.02 Å². The van der Waals surface area contributed by atoms with Crippen molar-refractivity contribution >= 4 is 34.8 Å². The molecule has 0 N–H and O–H groups in total. The van der Waals surface area contributed by atoms with Gasteiger partial charge in [-0.05, 0) is 54.4 Å². The summed E-state index contributed by atoms with van der Waals surface area (Å²) in [6, 6.07) is 23.7. The number of benzene rings is 3. The van der Waals surface area contributed by atoms with Crippen LogP contribution in [0.5, 0.6) is 0 Å². The number of carbonyl (C=O) groups excluding carboxylic acids is 2. The summed E-state index contributed by atoms with van der Waals surface area (Å²) in [5.41, 5.74) is 3.15. The highest BCUT2D eigenvalue weighted by molar-refractivity contribution is 6.30. The lowest BCUT2D eigenvalue weighted by Crippen LogP contribution is -2.37. The molecule has 5 rings (SSSR count). The molecular weight excluding hydrogens is 400 g/mol. The number of carbonyl (C=O) groups is 2. The summed E-state index contributed by atoms with van der Waals surface area (Å²) in [6.45, 7) is 1.93. The van der Waals surface area contributed by atoms with Crippen molar-refractivity contribution in [3.05, 3.63) is 95.0 Å². The molecule has 2 amide bonds.